The standard InChI is InChI=1S/C21H32N2O5/c24-19-5-2-12-22-18(19)14-28-16-10-8-15(9-11-16)17-4-1-6-20(23-17)27-13-3-7-21(25)26/h1,4,6,15-16,18-19,22,24H,2-3,5,7-14H2,(H,25,26). The topological polar surface area (TPSA) is 101 Å². The number of hydrogen-bond acceptors (Lipinski definition) is 6. The first-order valence-corrected chi connectivity index (χ1v) is 10.5. The summed E-state index contributed by atoms with van der Waals surface area (Å²) in [6.07, 6.45) is 6.48. The third-order valence-electron chi connectivity index (χ3n) is 5.68. The highest BCUT2D eigenvalue weighted by Crippen LogP contribution is 2.34. The van der Waals surface area contributed by atoms with Crippen LogP contribution in [0.3, 0.4) is 0 Å². The molecular weight excluding hydrogens is 360 g/mol. The van der Waals surface area contributed by atoms with Gasteiger partial charge in [0, 0.05) is 24.1 Å². The molecule has 7 nitrogen and oxygen atoms in total. The highest BCUT2D eigenvalue weighted by atomic mass is 16.5. The minimum Gasteiger partial charge on any atom is -0.481 e. The van der Waals surface area contributed by atoms with Crippen molar-refractivity contribution >= 4 is 5.97 Å². The first-order chi connectivity index (χ1) is 13.6. The average Bonchev–Trinajstić information content (AvgIpc) is 2.71. The van der Waals surface area contributed by atoms with Crippen LogP contribution < -0.4 is 10.1 Å². The summed E-state index contributed by atoms with van der Waals surface area (Å²) in [4.78, 5) is 15.2. The van der Waals surface area contributed by atoms with E-state index >= 15 is 0 Å². The van der Waals surface area contributed by atoms with Crippen LogP contribution in [-0.2, 0) is 9.53 Å². The molecule has 0 spiro atoms. The molecule has 1 aliphatic heterocycles. The van der Waals surface area contributed by atoms with Gasteiger partial charge in [-0.2, -0.15) is 0 Å². The Labute approximate surface area is 166 Å². The molecule has 2 atom stereocenters. The van der Waals surface area contributed by atoms with Crippen molar-refractivity contribution in [1.29, 1.82) is 0 Å². The van der Waals surface area contributed by atoms with E-state index < -0.39 is 5.97 Å². The Bertz CT molecular complexity index is 619. The molecule has 156 valence electrons. The highest BCUT2D eigenvalue weighted by Gasteiger charge is 2.27. The zero-order valence-electron chi connectivity index (χ0n) is 16.4. The number of carbonyl (C=O) groups is 1. The van der Waals surface area contributed by atoms with E-state index in [1.165, 1.54) is 0 Å². The first-order valence-electron chi connectivity index (χ1n) is 10.5. The van der Waals surface area contributed by atoms with Crippen LogP contribution in [0, 0.1) is 0 Å². The van der Waals surface area contributed by atoms with Crippen molar-refractivity contribution in [3.05, 3.63) is 23.9 Å². The van der Waals surface area contributed by atoms with E-state index in [-0.39, 0.29) is 24.7 Å². The molecule has 3 rings (SSSR count). The summed E-state index contributed by atoms with van der Waals surface area (Å²) >= 11 is 0. The number of carboxylic acids is 1. The summed E-state index contributed by atoms with van der Waals surface area (Å²) in [7, 11) is 0. The van der Waals surface area contributed by atoms with Crippen LogP contribution in [0.1, 0.15) is 63.0 Å². The summed E-state index contributed by atoms with van der Waals surface area (Å²) in [5.74, 6) is 0.164. The van der Waals surface area contributed by atoms with E-state index in [1.807, 2.05) is 18.2 Å². The lowest BCUT2D eigenvalue weighted by atomic mass is 9.85. The number of rotatable bonds is 9. The Hall–Kier alpha value is -1.70. The molecule has 0 amide bonds. The summed E-state index contributed by atoms with van der Waals surface area (Å²) in [5.41, 5.74) is 1.04. The van der Waals surface area contributed by atoms with Crippen molar-refractivity contribution in [2.45, 2.75) is 75.5 Å². The van der Waals surface area contributed by atoms with Gasteiger partial charge < -0.3 is 25.0 Å². The fourth-order valence-corrected chi connectivity index (χ4v) is 4.01. The molecule has 2 aliphatic rings. The van der Waals surface area contributed by atoms with Crippen LogP contribution in [0.25, 0.3) is 0 Å². The molecule has 3 N–H and O–H groups in total. The van der Waals surface area contributed by atoms with E-state index in [0.717, 1.165) is 50.8 Å². The molecule has 0 bridgehead atoms. The second-order valence-electron chi connectivity index (χ2n) is 7.82. The van der Waals surface area contributed by atoms with E-state index in [9.17, 15) is 9.90 Å². The van der Waals surface area contributed by atoms with E-state index in [1.54, 1.807) is 0 Å². The lowest BCUT2D eigenvalue weighted by molar-refractivity contribution is -0.137. The zero-order valence-corrected chi connectivity index (χ0v) is 16.4. The molecule has 1 saturated heterocycles. The number of piperidine rings is 1. The Balaban J connectivity index is 1.40. The largest absolute Gasteiger partial charge is 0.481 e. The minimum atomic E-state index is -0.807. The van der Waals surface area contributed by atoms with Crippen molar-refractivity contribution in [3.8, 4) is 5.88 Å². The second kappa shape index (κ2) is 10.7. The Morgan fingerprint density at radius 1 is 1.21 bits per heavy atom. The van der Waals surface area contributed by atoms with Gasteiger partial charge in [0.15, 0.2) is 0 Å². The van der Waals surface area contributed by atoms with Gasteiger partial charge in [-0.15, -0.1) is 0 Å². The van der Waals surface area contributed by atoms with Gasteiger partial charge in [0.05, 0.1) is 31.5 Å². The smallest absolute Gasteiger partial charge is 0.303 e. The molecule has 2 fully saturated rings. The van der Waals surface area contributed by atoms with Crippen LogP contribution in [0.4, 0.5) is 0 Å². The average molecular weight is 392 g/mol. The molecule has 2 unspecified atom stereocenters. The summed E-state index contributed by atoms with van der Waals surface area (Å²) < 4.78 is 11.7. The van der Waals surface area contributed by atoms with Gasteiger partial charge in [-0.3, -0.25) is 4.79 Å². The SMILES string of the molecule is O=C(O)CCCOc1cccc(C2CCC(OCC3NCCCC3O)CC2)n1. The summed E-state index contributed by atoms with van der Waals surface area (Å²) in [6, 6.07) is 5.87. The Kier molecular flexibility index (Phi) is 8.06. The third-order valence-corrected chi connectivity index (χ3v) is 5.68. The lowest BCUT2D eigenvalue weighted by Gasteiger charge is -2.32. The number of nitrogens with one attached hydrogen (secondary N) is 1. The predicted octanol–water partition coefficient (Wildman–Crippen LogP) is 2.48. The molecule has 1 saturated carbocycles. The summed E-state index contributed by atoms with van der Waals surface area (Å²) in [6.45, 7) is 1.90. The number of hydrogen-bond donors (Lipinski definition) is 3. The fourth-order valence-electron chi connectivity index (χ4n) is 4.01. The van der Waals surface area contributed by atoms with Crippen molar-refractivity contribution < 1.29 is 24.5 Å². The van der Waals surface area contributed by atoms with E-state index in [4.69, 9.17) is 14.6 Å². The zero-order chi connectivity index (χ0) is 19.8. The highest BCUT2D eigenvalue weighted by molar-refractivity contribution is 5.66. The number of carboxylic acid groups (broad SMARTS) is 1. The maximum Gasteiger partial charge on any atom is 0.303 e. The summed E-state index contributed by atoms with van der Waals surface area (Å²) in [5, 5.41) is 22.0. The molecule has 1 aliphatic carbocycles. The molecule has 0 aromatic carbocycles. The van der Waals surface area contributed by atoms with Gasteiger partial charge >= 0.3 is 5.97 Å². The van der Waals surface area contributed by atoms with Crippen LogP contribution in [0.2, 0.25) is 0 Å². The van der Waals surface area contributed by atoms with Gasteiger partial charge in [-0.1, -0.05) is 6.07 Å². The number of nitrogens with zero attached hydrogens (tertiary/aromatic N) is 1. The molecule has 28 heavy (non-hydrogen) atoms. The van der Waals surface area contributed by atoms with Gasteiger partial charge in [-0.25, -0.2) is 4.98 Å². The van der Waals surface area contributed by atoms with Crippen LogP contribution in [0.15, 0.2) is 18.2 Å². The molecule has 0 radical (unpaired) electrons. The number of aliphatic hydroxyl groups is 1. The van der Waals surface area contributed by atoms with Crippen LogP contribution >= 0.6 is 0 Å². The Morgan fingerprint density at radius 3 is 2.79 bits per heavy atom. The number of aromatic nitrogens is 1. The number of aliphatic hydroxyl groups excluding tert-OH is 1. The molecule has 1 aromatic rings. The Morgan fingerprint density at radius 2 is 2.04 bits per heavy atom. The maximum atomic E-state index is 10.6. The minimum absolute atomic E-state index is 0.0584. The second-order valence-corrected chi connectivity index (χ2v) is 7.82. The normalized spacial score (nSPS) is 28.0. The van der Waals surface area contributed by atoms with E-state index in [0.29, 0.717) is 31.4 Å². The van der Waals surface area contributed by atoms with Gasteiger partial charge in [0.2, 0.25) is 5.88 Å². The van der Waals surface area contributed by atoms with Gasteiger partial charge in [0.25, 0.3) is 0 Å². The quantitative estimate of drug-likeness (QED) is 0.555. The van der Waals surface area contributed by atoms with Crippen LogP contribution in [-0.4, -0.2) is 59.2 Å². The molecule has 7 heteroatoms. The number of aliphatic carboxylic acids is 1. The van der Waals surface area contributed by atoms with Crippen molar-refractivity contribution in [2.75, 3.05) is 19.8 Å². The molecule has 1 aromatic heterocycles. The lowest BCUT2D eigenvalue weighted by Crippen LogP contribution is -2.48. The number of ether oxygens (including phenoxy) is 2. The maximum absolute atomic E-state index is 10.6. The van der Waals surface area contributed by atoms with Gasteiger partial charge in [0.1, 0.15) is 0 Å². The molecule has 2 heterocycles. The van der Waals surface area contributed by atoms with Crippen LogP contribution in [0.5, 0.6) is 5.88 Å². The van der Waals surface area contributed by atoms with Gasteiger partial charge in [-0.05, 0) is 57.6 Å². The predicted molar refractivity (Wildman–Crippen MR) is 105 cm³/mol. The molecular formula is C21H32N2O5. The monoisotopic (exact) mass is 392 g/mol. The number of pyridine rings is 1. The fraction of sp³-hybridized carbons (Fsp3) is 0.714. The first kappa shape index (κ1) is 21.0. The van der Waals surface area contributed by atoms with Crippen molar-refractivity contribution in [3.63, 3.8) is 0 Å². The third kappa shape index (κ3) is 6.43. The van der Waals surface area contributed by atoms with E-state index in [2.05, 4.69) is 10.3 Å². The van der Waals surface area contributed by atoms with Crippen molar-refractivity contribution in [1.82, 2.24) is 10.3 Å². The van der Waals surface area contributed by atoms with Crippen molar-refractivity contribution in [2.24, 2.45) is 0 Å².